The van der Waals surface area contributed by atoms with Gasteiger partial charge in [0.05, 0.1) is 18.1 Å². The van der Waals surface area contributed by atoms with Crippen molar-refractivity contribution in [2.45, 2.75) is 0 Å². The molecule has 3 rings (SSSR count). The lowest BCUT2D eigenvalue weighted by Gasteiger charge is -2.33. The van der Waals surface area contributed by atoms with Crippen LogP contribution in [-0.4, -0.2) is 53.4 Å². The highest BCUT2D eigenvalue weighted by Crippen LogP contribution is 2.21. The largest absolute Gasteiger partial charge is 0.352 e. The summed E-state index contributed by atoms with van der Waals surface area (Å²) in [5, 5.41) is 2.79. The lowest BCUT2D eigenvalue weighted by atomic mass is 10.3. The van der Waals surface area contributed by atoms with Crippen molar-refractivity contribution < 1.29 is 9.59 Å². The van der Waals surface area contributed by atoms with Gasteiger partial charge in [0.15, 0.2) is 0 Å². The van der Waals surface area contributed by atoms with Crippen LogP contribution < -0.4 is 10.2 Å². The number of nitrogens with one attached hydrogen (secondary N) is 1. The summed E-state index contributed by atoms with van der Waals surface area (Å²) in [5.41, 5.74) is 0.930. The first kappa shape index (κ1) is 16.4. The van der Waals surface area contributed by atoms with Gasteiger partial charge in [-0.15, -0.1) is 0 Å². The van der Waals surface area contributed by atoms with Gasteiger partial charge in [-0.2, -0.15) is 0 Å². The number of aromatic nitrogens is 2. The Bertz CT molecular complexity index is 730. The number of halogens is 1. The smallest absolute Gasteiger partial charge is 0.275 e. The molecule has 0 radical (unpaired) electrons. The number of para-hydroxylation sites is 1. The Hall–Kier alpha value is -2.48. The summed E-state index contributed by atoms with van der Waals surface area (Å²) < 4.78 is 0.802. The van der Waals surface area contributed by atoms with Gasteiger partial charge in [0.25, 0.3) is 5.91 Å². The molecule has 0 saturated carbocycles. The van der Waals surface area contributed by atoms with E-state index < -0.39 is 0 Å². The number of rotatable bonds is 4. The highest BCUT2D eigenvalue weighted by atomic mass is 79.9. The molecule has 124 valence electrons. The second-order valence-corrected chi connectivity index (χ2v) is 6.18. The number of nitrogens with zero attached hydrogens (tertiary/aromatic N) is 4. The Morgan fingerprint density at radius 1 is 1.12 bits per heavy atom. The van der Waals surface area contributed by atoms with Gasteiger partial charge in [0.2, 0.25) is 6.41 Å². The van der Waals surface area contributed by atoms with Crippen molar-refractivity contribution in [2.24, 2.45) is 0 Å². The van der Waals surface area contributed by atoms with Gasteiger partial charge >= 0.3 is 0 Å². The monoisotopic (exact) mass is 389 g/mol. The molecule has 1 fully saturated rings. The molecule has 24 heavy (non-hydrogen) atoms. The van der Waals surface area contributed by atoms with Crippen molar-refractivity contribution in [3.63, 3.8) is 0 Å². The number of carbonyl (C=O) groups is 2. The molecule has 1 aliphatic heterocycles. The van der Waals surface area contributed by atoms with Crippen molar-refractivity contribution in [1.82, 2.24) is 14.9 Å². The predicted octanol–water partition coefficient (Wildman–Crippen LogP) is 1.77. The van der Waals surface area contributed by atoms with Gasteiger partial charge in [-0.3, -0.25) is 9.59 Å². The molecule has 1 aromatic heterocycles. The molecule has 2 heterocycles. The van der Waals surface area contributed by atoms with Crippen LogP contribution in [0.3, 0.4) is 0 Å². The first-order valence-electron chi connectivity index (χ1n) is 7.49. The molecule has 1 aromatic carbocycles. The van der Waals surface area contributed by atoms with Gasteiger partial charge < -0.3 is 15.1 Å². The summed E-state index contributed by atoms with van der Waals surface area (Å²) >= 11 is 3.39. The van der Waals surface area contributed by atoms with E-state index in [-0.39, 0.29) is 11.6 Å². The average Bonchev–Trinajstić information content (AvgIpc) is 2.64. The summed E-state index contributed by atoms with van der Waals surface area (Å²) in [6.45, 7) is 2.73. The molecule has 1 saturated heterocycles. The zero-order valence-corrected chi connectivity index (χ0v) is 14.4. The zero-order chi connectivity index (χ0) is 16.9. The molecule has 0 atom stereocenters. The SMILES string of the molecule is O=CN1CCN(c2cnc(C(=O)Nc3ccccc3Br)cn2)CC1. The third-order valence-corrected chi connectivity index (χ3v) is 4.47. The maximum atomic E-state index is 12.2. The molecule has 0 spiro atoms. The molecule has 7 nitrogen and oxygen atoms in total. The molecular weight excluding hydrogens is 374 g/mol. The third kappa shape index (κ3) is 3.70. The average molecular weight is 390 g/mol. The van der Waals surface area contributed by atoms with E-state index >= 15 is 0 Å². The first-order chi connectivity index (χ1) is 11.7. The minimum Gasteiger partial charge on any atom is -0.352 e. The van der Waals surface area contributed by atoms with Gasteiger partial charge in [0.1, 0.15) is 11.5 Å². The highest BCUT2D eigenvalue weighted by molar-refractivity contribution is 9.10. The minimum absolute atomic E-state index is 0.251. The molecular formula is C16H16BrN5O2. The van der Waals surface area contributed by atoms with Crippen LogP contribution in [0.1, 0.15) is 10.5 Å². The lowest BCUT2D eigenvalue weighted by molar-refractivity contribution is -0.118. The van der Waals surface area contributed by atoms with Crippen LogP contribution in [-0.2, 0) is 4.79 Å². The van der Waals surface area contributed by atoms with Crippen molar-refractivity contribution in [3.05, 3.63) is 46.8 Å². The van der Waals surface area contributed by atoms with Gasteiger partial charge in [-0.25, -0.2) is 9.97 Å². The molecule has 1 N–H and O–H groups in total. The second-order valence-electron chi connectivity index (χ2n) is 5.32. The number of hydrogen-bond donors (Lipinski definition) is 1. The van der Waals surface area contributed by atoms with E-state index in [2.05, 4.69) is 31.2 Å². The Kier molecular flexibility index (Phi) is 5.05. The molecule has 0 aliphatic carbocycles. The van der Waals surface area contributed by atoms with E-state index in [0.717, 1.165) is 10.9 Å². The number of anilines is 2. The van der Waals surface area contributed by atoms with Crippen molar-refractivity contribution in [1.29, 1.82) is 0 Å². The lowest BCUT2D eigenvalue weighted by Crippen LogP contribution is -2.46. The molecule has 8 heteroatoms. The molecule has 2 amide bonds. The predicted molar refractivity (Wildman–Crippen MR) is 94.0 cm³/mol. The number of amides is 2. The Balaban J connectivity index is 1.65. The van der Waals surface area contributed by atoms with Crippen molar-refractivity contribution in [3.8, 4) is 0 Å². The summed E-state index contributed by atoms with van der Waals surface area (Å²) in [4.78, 5) is 35.3. The van der Waals surface area contributed by atoms with Gasteiger partial charge in [0, 0.05) is 30.7 Å². The highest BCUT2D eigenvalue weighted by Gasteiger charge is 2.17. The van der Waals surface area contributed by atoms with Crippen LogP contribution in [0.15, 0.2) is 41.1 Å². The van der Waals surface area contributed by atoms with E-state index in [1.165, 1.54) is 6.20 Å². The second kappa shape index (κ2) is 7.39. The summed E-state index contributed by atoms with van der Waals surface area (Å²) in [7, 11) is 0. The molecule has 1 aliphatic rings. The van der Waals surface area contributed by atoms with E-state index in [1.54, 1.807) is 17.2 Å². The molecule has 2 aromatic rings. The maximum Gasteiger partial charge on any atom is 0.275 e. The van der Waals surface area contributed by atoms with Gasteiger partial charge in [-0.05, 0) is 28.1 Å². The van der Waals surface area contributed by atoms with Crippen LogP contribution >= 0.6 is 15.9 Å². The Labute approximate surface area is 147 Å². The number of hydrogen-bond acceptors (Lipinski definition) is 5. The van der Waals surface area contributed by atoms with E-state index in [9.17, 15) is 9.59 Å². The van der Waals surface area contributed by atoms with Crippen molar-refractivity contribution >= 4 is 39.8 Å². The van der Waals surface area contributed by atoms with E-state index in [0.29, 0.717) is 37.7 Å². The third-order valence-electron chi connectivity index (χ3n) is 3.78. The Morgan fingerprint density at radius 3 is 2.50 bits per heavy atom. The Morgan fingerprint density at radius 2 is 1.88 bits per heavy atom. The standard InChI is InChI=1S/C16H16BrN5O2/c17-12-3-1-2-4-13(12)20-16(24)14-9-19-15(10-18-14)22-7-5-21(11-23)6-8-22/h1-4,9-11H,5-8H2,(H,20,24). The fourth-order valence-corrected chi connectivity index (χ4v) is 2.79. The van der Waals surface area contributed by atoms with Gasteiger partial charge in [-0.1, -0.05) is 12.1 Å². The molecule has 0 unspecified atom stereocenters. The van der Waals surface area contributed by atoms with Crippen LogP contribution in [0.2, 0.25) is 0 Å². The quantitative estimate of drug-likeness (QED) is 0.806. The summed E-state index contributed by atoms with van der Waals surface area (Å²) in [6, 6.07) is 7.37. The number of benzene rings is 1. The van der Waals surface area contributed by atoms with E-state index in [1.807, 2.05) is 23.1 Å². The zero-order valence-electron chi connectivity index (χ0n) is 12.9. The van der Waals surface area contributed by atoms with Crippen molar-refractivity contribution in [2.75, 3.05) is 36.4 Å². The summed E-state index contributed by atoms with van der Waals surface area (Å²) in [6.07, 6.45) is 3.91. The summed E-state index contributed by atoms with van der Waals surface area (Å²) in [5.74, 6) is 0.393. The minimum atomic E-state index is -0.313. The van der Waals surface area contributed by atoms with Crippen LogP contribution in [0, 0.1) is 0 Å². The fraction of sp³-hybridized carbons (Fsp3) is 0.250. The normalized spacial score (nSPS) is 14.4. The van der Waals surface area contributed by atoms with Crippen LogP contribution in [0.5, 0.6) is 0 Å². The van der Waals surface area contributed by atoms with Crippen LogP contribution in [0.25, 0.3) is 0 Å². The fourth-order valence-electron chi connectivity index (χ4n) is 2.41. The maximum absolute atomic E-state index is 12.2. The number of piperazine rings is 1. The van der Waals surface area contributed by atoms with E-state index in [4.69, 9.17) is 0 Å². The first-order valence-corrected chi connectivity index (χ1v) is 8.29. The molecule has 0 bridgehead atoms. The number of carbonyl (C=O) groups excluding carboxylic acids is 2. The topological polar surface area (TPSA) is 78.4 Å². The van der Waals surface area contributed by atoms with Crippen LogP contribution in [0.4, 0.5) is 11.5 Å².